The molecular formula is C20H28O4. The maximum absolute atomic E-state index is 13.0. The summed E-state index contributed by atoms with van der Waals surface area (Å²) < 4.78 is 0. The quantitative estimate of drug-likeness (QED) is 0.694. The Labute approximate surface area is 144 Å². The summed E-state index contributed by atoms with van der Waals surface area (Å²) >= 11 is 0. The molecule has 0 atom stereocenters. The van der Waals surface area contributed by atoms with Gasteiger partial charge in [0.15, 0.2) is 11.6 Å². The molecule has 0 fully saturated rings. The fourth-order valence-electron chi connectivity index (χ4n) is 3.99. The number of hydrogen-bond acceptors (Lipinski definition) is 4. The molecule has 0 aromatic rings. The SMILES string of the molecule is CC(=O)CC(C)(C)C1=C(C)C(=O)C(C(C)(C)CC(C)=O)=C(C)C1=O. The first-order valence-corrected chi connectivity index (χ1v) is 8.23. The van der Waals surface area contributed by atoms with E-state index in [9.17, 15) is 19.2 Å². The number of carbonyl (C=O) groups is 4. The average Bonchev–Trinajstić information content (AvgIpc) is 2.32. The van der Waals surface area contributed by atoms with Crippen molar-refractivity contribution in [3.05, 3.63) is 22.3 Å². The molecule has 132 valence electrons. The molecule has 0 heterocycles. The number of allylic oxidation sites excluding steroid dienone is 4. The van der Waals surface area contributed by atoms with Crippen LogP contribution in [0.3, 0.4) is 0 Å². The topological polar surface area (TPSA) is 68.3 Å². The van der Waals surface area contributed by atoms with Gasteiger partial charge in [-0.1, -0.05) is 27.7 Å². The highest BCUT2D eigenvalue weighted by Crippen LogP contribution is 2.44. The molecule has 24 heavy (non-hydrogen) atoms. The zero-order valence-electron chi connectivity index (χ0n) is 16.0. The molecule has 0 saturated heterocycles. The van der Waals surface area contributed by atoms with Crippen LogP contribution in [0.2, 0.25) is 0 Å². The lowest BCUT2D eigenvalue weighted by atomic mass is 9.65. The van der Waals surface area contributed by atoms with Crippen molar-refractivity contribution in [3.8, 4) is 0 Å². The molecule has 0 spiro atoms. The molecule has 0 N–H and O–H groups in total. The molecule has 1 aliphatic carbocycles. The van der Waals surface area contributed by atoms with Gasteiger partial charge in [0, 0.05) is 46.0 Å². The lowest BCUT2D eigenvalue weighted by molar-refractivity contribution is -0.121. The van der Waals surface area contributed by atoms with Crippen LogP contribution in [0.1, 0.15) is 68.2 Å². The first-order chi connectivity index (χ1) is 10.7. The largest absolute Gasteiger partial charge is 0.300 e. The van der Waals surface area contributed by atoms with Crippen molar-refractivity contribution in [2.75, 3.05) is 0 Å². The molecule has 4 heteroatoms. The zero-order valence-corrected chi connectivity index (χ0v) is 16.0. The molecule has 0 aromatic carbocycles. The number of hydrogen-bond donors (Lipinski definition) is 0. The van der Waals surface area contributed by atoms with Gasteiger partial charge in [-0.2, -0.15) is 0 Å². The molecule has 0 bridgehead atoms. The summed E-state index contributed by atoms with van der Waals surface area (Å²) in [6.07, 6.45) is 0.413. The second-order valence-corrected chi connectivity index (χ2v) is 8.18. The van der Waals surface area contributed by atoms with E-state index in [1.54, 1.807) is 13.8 Å². The van der Waals surface area contributed by atoms with E-state index in [1.165, 1.54) is 13.8 Å². The maximum atomic E-state index is 13.0. The minimum absolute atomic E-state index is 0.0233. The van der Waals surface area contributed by atoms with Crippen LogP contribution in [-0.2, 0) is 19.2 Å². The van der Waals surface area contributed by atoms with Crippen LogP contribution in [0.4, 0.5) is 0 Å². The van der Waals surface area contributed by atoms with Crippen molar-refractivity contribution >= 4 is 23.1 Å². The van der Waals surface area contributed by atoms with E-state index in [1.807, 2.05) is 27.7 Å². The van der Waals surface area contributed by atoms with E-state index in [0.29, 0.717) is 22.3 Å². The highest BCUT2D eigenvalue weighted by atomic mass is 16.1. The van der Waals surface area contributed by atoms with Crippen LogP contribution in [0.15, 0.2) is 22.3 Å². The highest BCUT2D eigenvalue weighted by molar-refractivity contribution is 6.26. The van der Waals surface area contributed by atoms with Gasteiger partial charge < -0.3 is 0 Å². The molecule has 1 aliphatic rings. The second kappa shape index (κ2) is 6.58. The smallest absolute Gasteiger partial charge is 0.186 e. The van der Waals surface area contributed by atoms with Crippen molar-refractivity contribution in [2.45, 2.75) is 68.2 Å². The highest BCUT2D eigenvalue weighted by Gasteiger charge is 2.42. The van der Waals surface area contributed by atoms with E-state index in [4.69, 9.17) is 0 Å². The summed E-state index contributed by atoms with van der Waals surface area (Å²) in [6, 6.07) is 0. The van der Waals surface area contributed by atoms with Gasteiger partial charge in [-0.05, 0) is 27.7 Å². The predicted octanol–water partition coefficient (Wildman–Crippen LogP) is 3.78. The Morgan fingerprint density at radius 1 is 0.708 bits per heavy atom. The van der Waals surface area contributed by atoms with Gasteiger partial charge in [-0.3, -0.25) is 19.2 Å². The van der Waals surface area contributed by atoms with Gasteiger partial charge in [-0.15, -0.1) is 0 Å². The predicted molar refractivity (Wildman–Crippen MR) is 93.6 cm³/mol. The molecule has 0 radical (unpaired) electrons. The summed E-state index contributed by atoms with van der Waals surface area (Å²) in [6.45, 7) is 13.5. The van der Waals surface area contributed by atoms with Gasteiger partial charge in [0.25, 0.3) is 0 Å². The van der Waals surface area contributed by atoms with Crippen LogP contribution in [0.5, 0.6) is 0 Å². The Kier molecular flexibility index (Phi) is 5.54. The molecule has 0 aliphatic heterocycles. The van der Waals surface area contributed by atoms with Gasteiger partial charge in [0.05, 0.1) is 0 Å². The zero-order chi connectivity index (χ0) is 19.0. The van der Waals surface area contributed by atoms with E-state index >= 15 is 0 Å². The van der Waals surface area contributed by atoms with Gasteiger partial charge in [0.2, 0.25) is 0 Å². The van der Waals surface area contributed by atoms with Crippen molar-refractivity contribution in [3.63, 3.8) is 0 Å². The van der Waals surface area contributed by atoms with Crippen LogP contribution in [0, 0.1) is 10.8 Å². The Bertz CT molecular complexity index is 624. The lowest BCUT2D eigenvalue weighted by Gasteiger charge is -2.36. The van der Waals surface area contributed by atoms with Crippen LogP contribution in [-0.4, -0.2) is 23.1 Å². The first kappa shape index (κ1) is 20.2. The van der Waals surface area contributed by atoms with E-state index in [2.05, 4.69) is 0 Å². The third-order valence-electron chi connectivity index (χ3n) is 4.62. The summed E-state index contributed by atoms with van der Waals surface area (Å²) in [5.41, 5.74) is 0.234. The third kappa shape index (κ3) is 3.80. The Hall–Kier alpha value is -1.84. The molecular weight excluding hydrogens is 304 g/mol. The maximum Gasteiger partial charge on any atom is 0.186 e. The number of Topliss-reactive ketones (excluding diaryl/α,β-unsaturated/α-hetero) is 4. The van der Waals surface area contributed by atoms with E-state index in [-0.39, 0.29) is 36.0 Å². The molecule has 0 unspecified atom stereocenters. The Morgan fingerprint density at radius 2 is 0.958 bits per heavy atom. The van der Waals surface area contributed by atoms with Crippen LogP contribution in [0.25, 0.3) is 0 Å². The molecule has 0 aromatic heterocycles. The summed E-state index contributed by atoms with van der Waals surface area (Å²) in [4.78, 5) is 49.1. The van der Waals surface area contributed by atoms with Gasteiger partial charge in [0.1, 0.15) is 11.6 Å². The number of carbonyl (C=O) groups excluding carboxylic acids is 4. The van der Waals surface area contributed by atoms with E-state index in [0.717, 1.165) is 0 Å². The summed E-state index contributed by atoms with van der Waals surface area (Å²) in [5, 5.41) is 0. The summed E-state index contributed by atoms with van der Waals surface area (Å²) in [7, 11) is 0. The van der Waals surface area contributed by atoms with Crippen molar-refractivity contribution in [1.29, 1.82) is 0 Å². The lowest BCUT2D eigenvalue weighted by Crippen LogP contribution is -2.36. The van der Waals surface area contributed by atoms with Crippen molar-refractivity contribution < 1.29 is 19.2 Å². The molecule has 4 nitrogen and oxygen atoms in total. The Balaban J connectivity index is 3.48. The normalized spacial score (nSPS) is 16.8. The van der Waals surface area contributed by atoms with Crippen molar-refractivity contribution in [1.82, 2.24) is 0 Å². The van der Waals surface area contributed by atoms with Crippen molar-refractivity contribution in [2.24, 2.45) is 10.8 Å². The van der Waals surface area contributed by atoms with Crippen LogP contribution < -0.4 is 0 Å². The Morgan fingerprint density at radius 3 is 1.17 bits per heavy atom. The monoisotopic (exact) mass is 332 g/mol. The third-order valence-corrected chi connectivity index (χ3v) is 4.62. The summed E-state index contributed by atoms with van der Waals surface area (Å²) in [5.74, 6) is -0.426. The fraction of sp³-hybridized carbons (Fsp3) is 0.600. The first-order valence-electron chi connectivity index (χ1n) is 8.23. The average molecular weight is 332 g/mol. The number of ketones is 4. The van der Waals surface area contributed by atoms with Gasteiger partial charge in [-0.25, -0.2) is 0 Å². The van der Waals surface area contributed by atoms with Crippen LogP contribution >= 0.6 is 0 Å². The van der Waals surface area contributed by atoms with Gasteiger partial charge >= 0.3 is 0 Å². The number of rotatable bonds is 6. The molecule has 0 amide bonds. The minimum Gasteiger partial charge on any atom is -0.300 e. The van der Waals surface area contributed by atoms with E-state index < -0.39 is 10.8 Å². The minimum atomic E-state index is -0.694. The standard InChI is InChI=1S/C20H28O4/c1-11(21)9-19(5,6)15-13(3)18(24)16(14(4)17(15)23)20(7,8)10-12(2)22/h9-10H2,1-8H3. The fourth-order valence-corrected chi connectivity index (χ4v) is 3.99. The molecule has 1 rings (SSSR count). The molecule has 0 saturated carbocycles. The second-order valence-electron chi connectivity index (χ2n) is 8.18.